The maximum atomic E-state index is 11.8. The van der Waals surface area contributed by atoms with Crippen LogP contribution in [0.1, 0.15) is 31.7 Å². The highest BCUT2D eigenvalue weighted by Gasteiger charge is 2.32. The molecule has 0 spiro atoms. The molecule has 1 amide bonds. The Labute approximate surface area is 106 Å². The van der Waals surface area contributed by atoms with Crippen LogP contribution in [0.2, 0.25) is 0 Å². The quantitative estimate of drug-likeness (QED) is 0.815. The molecule has 0 saturated carbocycles. The molecule has 1 unspecified atom stereocenters. The number of carbonyl (C=O) groups excluding carboxylic acids is 1. The van der Waals surface area contributed by atoms with Crippen LogP contribution in [0.4, 0.5) is 0 Å². The average molecular weight is 253 g/mol. The Bertz CT molecular complexity index is 467. The normalized spacial score (nSPS) is 14.0. The van der Waals surface area contributed by atoms with Crippen molar-refractivity contribution in [2.24, 2.45) is 0 Å². The fourth-order valence-corrected chi connectivity index (χ4v) is 1.61. The standard InChI is InChI=1S/C12H19N3O3/c1-5-12(4,11(17)18)13-10(16)7-15-9(3)6-8(2)14-15/h6H,5,7H2,1-4H3,(H,13,16)(H,17,18). The summed E-state index contributed by atoms with van der Waals surface area (Å²) in [5, 5.41) is 15.8. The van der Waals surface area contributed by atoms with Gasteiger partial charge in [0.25, 0.3) is 0 Å². The van der Waals surface area contributed by atoms with Gasteiger partial charge in [0.1, 0.15) is 12.1 Å². The predicted octanol–water partition coefficient (Wildman–Crippen LogP) is 0.869. The Hall–Kier alpha value is -1.85. The van der Waals surface area contributed by atoms with Crippen LogP contribution in [0.15, 0.2) is 6.07 Å². The van der Waals surface area contributed by atoms with E-state index in [0.29, 0.717) is 6.42 Å². The molecule has 6 nitrogen and oxygen atoms in total. The molecule has 0 aliphatic carbocycles. The molecule has 0 aliphatic heterocycles. The van der Waals surface area contributed by atoms with Gasteiger partial charge in [-0.3, -0.25) is 9.48 Å². The van der Waals surface area contributed by atoms with Crippen LogP contribution in [0, 0.1) is 13.8 Å². The smallest absolute Gasteiger partial charge is 0.329 e. The molecule has 18 heavy (non-hydrogen) atoms. The first kappa shape index (κ1) is 14.2. The van der Waals surface area contributed by atoms with E-state index in [-0.39, 0.29) is 12.5 Å². The van der Waals surface area contributed by atoms with Crippen LogP contribution in [0.25, 0.3) is 0 Å². The van der Waals surface area contributed by atoms with Crippen molar-refractivity contribution in [3.05, 3.63) is 17.5 Å². The van der Waals surface area contributed by atoms with Gasteiger partial charge in [-0.05, 0) is 33.3 Å². The minimum Gasteiger partial charge on any atom is -0.480 e. The number of nitrogens with zero attached hydrogens (tertiary/aromatic N) is 2. The number of nitrogens with one attached hydrogen (secondary N) is 1. The molecule has 1 aromatic rings. The number of aromatic nitrogens is 2. The first-order chi connectivity index (χ1) is 8.28. The van der Waals surface area contributed by atoms with E-state index in [4.69, 9.17) is 5.11 Å². The Balaban J connectivity index is 2.73. The highest BCUT2D eigenvalue weighted by molar-refractivity contribution is 5.86. The highest BCUT2D eigenvalue weighted by Crippen LogP contribution is 2.09. The summed E-state index contributed by atoms with van der Waals surface area (Å²) in [5.41, 5.74) is 0.473. The molecule has 0 radical (unpaired) electrons. The van der Waals surface area contributed by atoms with E-state index < -0.39 is 11.5 Å². The van der Waals surface area contributed by atoms with Crippen LogP contribution < -0.4 is 5.32 Å². The molecule has 0 aliphatic rings. The SMILES string of the molecule is CCC(C)(NC(=O)Cn1nc(C)cc1C)C(=O)O. The average Bonchev–Trinajstić information content (AvgIpc) is 2.56. The van der Waals surface area contributed by atoms with Gasteiger partial charge in [0, 0.05) is 5.69 Å². The first-order valence-corrected chi connectivity index (χ1v) is 5.84. The second-order valence-corrected chi connectivity index (χ2v) is 4.62. The number of aliphatic carboxylic acids is 1. The number of hydrogen-bond acceptors (Lipinski definition) is 3. The van der Waals surface area contributed by atoms with Gasteiger partial charge in [-0.15, -0.1) is 0 Å². The van der Waals surface area contributed by atoms with Gasteiger partial charge < -0.3 is 10.4 Å². The highest BCUT2D eigenvalue weighted by atomic mass is 16.4. The van der Waals surface area contributed by atoms with Gasteiger partial charge in [-0.1, -0.05) is 6.92 Å². The van der Waals surface area contributed by atoms with E-state index in [0.717, 1.165) is 11.4 Å². The van der Waals surface area contributed by atoms with Crippen molar-refractivity contribution >= 4 is 11.9 Å². The van der Waals surface area contributed by atoms with Crippen LogP contribution in [0.5, 0.6) is 0 Å². The zero-order valence-corrected chi connectivity index (χ0v) is 11.1. The summed E-state index contributed by atoms with van der Waals surface area (Å²) in [4.78, 5) is 22.9. The van der Waals surface area contributed by atoms with Crippen LogP contribution >= 0.6 is 0 Å². The number of carboxylic acid groups (broad SMARTS) is 1. The second kappa shape index (κ2) is 5.20. The van der Waals surface area contributed by atoms with Gasteiger partial charge in [0.05, 0.1) is 5.69 Å². The molecule has 1 rings (SSSR count). The van der Waals surface area contributed by atoms with Crippen LogP contribution in [0.3, 0.4) is 0 Å². The molecule has 0 aromatic carbocycles. The van der Waals surface area contributed by atoms with Gasteiger partial charge in [0.2, 0.25) is 5.91 Å². The summed E-state index contributed by atoms with van der Waals surface area (Å²) in [6.45, 7) is 6.94. The molecular formula is C12H19N3O3. The largest absolute Gasteiger partial charge is 0.480 e. The lowest BCUT2D eigenvalue weighted by Gasteiger charge is -2.24. The molecule has 1 heterocycles. The second-order valence-electron chi connectivity index (χ2n) is 4.62. The molecular weight excluding hydrogens is 234 g/mol. The Morgan fingerprint density at radius 1 is 1.50 bits per heavy atom. The van der Waals surface area contributed by atoms with Crippen molar-refractivity contribution in [3.8, 4) is 0 Å². The van der Waals surface area contributed by atoms with Gasteiger partial charge >= 0.3 is 5.97 Å². The number of amides is 1. The molecule has 100 valence electrons. The summed E-state index contributed by atoms with van der Waals surface area (Å²) >= 11 is 0. The van der Waals surface area contributed by atoms with Crippen LogP contribution in [-0.4, -0.2) is 32.3 Å². The van der Waals surface area contributed by atoms with E-state index in [2.05, 4.69) is 10.4 Å². The van der Waals surface area contributed by atoms with Gasteiger partial charge in [0.15, 0.2) is 0 Å². The summed E-state index contributed by atoms with van der Waals surface area (Å²) in [6, 6.07) is 1.86. The monoisotopic (exact) mass is 253 g/mol. The van der Waals surface area contributed by atoms with Crippen molar-refractivity contribution in [2.45, 2.75) is 46.2 Å². The van der Waals surface area contributed by atoms with E-state index in [9.17, 15) is 9.59 Å². The molecule has 0 saturated heterocycles. The molecule has 1 atom stereocenters. The molecule has 6 heteroatoms. The number of rotatable bonds is 5. The molecule has 2 N–H and O–H groups in total. The Morgan fingerprint density at radius 2 is 2.11 bits per heavy atom. The Kier molecular flexibility index (Phi) is 4.11. The fourth-order valence-electron chi connectivity index (χ4n) is 1.61. The van der Waals surface area contributed by atoms with E-state index in [1.165, 1.54) is 6.92 Å². The molecule has 1 aromatic heterocycles. The lowest BCUT2D eigenvalue weighted by molar-refractivity contribution is -0.147. The van der Waals surface area contributed by atoms with Crippen LogP contribution in [-0.2, 0) is 16.1 Å². The summed E-state index contributed by atoms with van der Waals surface area (Å²) in [5.74, 6) is -1.39. The van der Waals surface area contributed by atoms with E-state index >= 15 is 0 Å². The summed E-state index contributed by atoms with van der Waals surface area (Å²) in [6.07, 6.45) is 0.325. The van der Waals surface area contributed by atoms with Crippen molar-refractivity contribution in [1.82, 2.24) is 15.1 Å². The van der Waals surface area contributed by atoms with Gasteiger partial charge in [-0.2, -0.15) is 5.10 Å². The molecule has 0 bridgehead atoms. The fraction of sp³-hybridized carbons (Fsp3) is 0.583. The summed E-state index contributed by atoms with van der Waals surface area (Å²) in [7, 11) is 0. The maximum Gasteiger partial charge on any atom is 0.329 e. The topological polar surface area (TPSA) is 84.2 Å². The van der Waals surface area contributed by atoms with E-state index in [1.807, 2.05) is 19.9 Å². The summed E-state index contributed by atoms with van der Waals surface area (Å²) < 4.78 is 1.56. The maximum absolute atomic E-state index is 11.8. The third-order valence-electron chi connectivity index (χ3n) is 2.99. The number of hydrogen-bond donors (Lipinski definition) is 2. The van der Waals surface area contributed by atoms with Crippen molar-refractivity contribution in [1.29, 1.82) is 0 Å². The zero-order valence-electron chi connectivity index (χ0n) is 11.1. The van der Waals surface area contributed by atoms with Gasteiger partial charge in [-0.25, -0.2) is 4.79 Å². The van der Waals surface area contributed by atoms with Crippen molar-refractivity contribution in [3.63, 3.8) is 0 Å². The molecule has 0 fully saturated rings. The lowest BCUT2D eigenvalue weighted by atomic mass is 9.99. The number of carbonyl (C=O) groups is 2. The minimum atomic E-state index is -1.23. The first-order valence-electron chi connectivity index (χ1n) is 5.84. The number of aryl methyl sites for hydroxylation is 2. The Morgan fingerprint density at radius 3 is 2.50 bits per heavy atom. The third-order valence-corrected chi connectivity index (χ3v) is 2.99. The van der Waals surface area contributed by atoms with Crippen molar-refractivity contribution < 1.29 is 14.7 Å². The third kappa shape index (κ3) is 3.09. The minimum absolute atomic E-state index is 0.0303. The van der Waals surface area contributed by atoms with E-state index in [1.54, 1.807) is 11.6 Å². The number of carboxylic acids is 1. The lowest BCUT2D eigenvalue weighted by Crippen LogP contribution is -2.52. The van der Waals surface area contributed by atoms with Crippen molar-refractivity contribution in [2.75, 3.05) is 0 Å². The predicted molar refractivity (Wildman–Crippen MR) is 66.2 cm³/mol. The zero-order chi connectivity index (χ0) is 13.9.